The lowest BCUT2D eigenvalue weighted by Crippen LogP contribution is -2.45. The molecule has 20 heavy (non-hydrogen) atoms. The predicted octanol–water partition coefficient (Wildman–Crippen LogP) is 1.73. The van der Waals surface area contributed by atoms with Gasteiger partial charge in [-0.15, -0.1) is 0 Å². The summed E-state index contributed by atoms with van der Waals surface area (Å²) < 4.78 is 38.5. The van der Waals surface area contributed by atoms with Crippen molar-refractivity contribution in [2.75, 3.05) is 18.8 Å². The largest absolute Gasteiger partial charge is 0.310 e. The molecule has 0 atom stereocenters. The van der Waals surface area contributed by atoms with Crippen LogP contribution < -0.4 is 5.32 Å². The molecule has 1 saturated heterocycles. The van der Waals surface area contributed by atoms with Crippen molar-refractivity contribution in [3.8, 4) is 0 Å². The van der Waals surface area contributed by atoms with Crippen LogP contribution >= 0.6 is 0 Å². The van der Waals surface area contributed by atoms with E-state index in [1.807, 2.05) is 6.07 Å². The number of nitrogens with one attached hydrogen (secondary N) is 1. The lowest BCUT2D eigenvalue weighted by Gasteiger charge is -2.31. The Morgan fingerprint density at radius 2 is 1.95 bits per heavy atom. The number of nitrogens with zero attached hydrogens (tertiary/aromatic N) is 1. The molecule has 1 fully saturated rings. The summed E-state index contributed by atoms with van der Waals surface area (Å²) in [4.78, 5) is 0. The third-order valence-electron chi connectivity index (χ3n) is 3.75. The van der Waals surface area contributed by atoms with Crippen molar-refractivity contribution in [1.29, 1.82) is 0 Å². The van der Waals surface area contributed by atoms with E-state index in [9.17, 15) is 12.8 Å². The molecule has 1 N–H and O–H groups in total. The van der Waals surface area contributed by atoms with E-state index in [0.717, 1.165) is 12.8 Å². The van der Waals surface area contributed by atoms with E-state index in [1.54, 1.807) is 23.4 Å². The molecule has 6 heteroatoms. The first-order chi connectivity index (χ1) is 9.53. The van der Waals surface area contributed by atoms with Crippen molar-refractivity contribution in [2.45, 2.75) is 32.4 Å². The summed E-state index contributed by atoms with van der Waals surface area (Å²) in [5.41, 5.74) is 0.649. The summed E-state index contributed by atoms with van der Waals surface area (Å²) >= 11 is 0. The Hall–Kier alpha value is -0.980. The molecule has 1 aliphatic heterocycles. The van der Waals surface area contributed by atoms with Crippen molar-refractivity contribution in [3.05, 3.63) is 35.6 Å². The second kappa shape index (κ2) is 6.65. The van der Waals surface area contributed by atoms with Gasteiger partial charge < -0.3 is 5.32 Å². The minimum Gasteiger partial charge on any atom is -0.310 e. The van der Waals surface area contributed by atoms with Gasteiger partial charge in [-0.05, 0) is 25.8 Å². The lowest BCUT2D eigenvalue weighted by molar-refractivity contribution is 0.288. The summed E-state index contributed by atoms with van der Waals surface area (Å²) in [5.74, 6) is -0.0497. The molecular formula is C14H21FN2O2S. The van der Waals surface area contributed by atoms with Gasteiger partial charge in [0.2, 0.25) is 10.0 Å². The highest BCUT2D eigenvalue weighted by Gasteiger charge is 2.26. The second-order valence-electron chi connectivity index (χ2n) is 5.05. The molecule has 0 aromatic heterocycles. The zero-order valence-corrected chi connectivity index (χ0v) is 12.5. The molecule has 0 amide bonds. The SMILES string of the molecule is CCS(=O)(=O)N1CCC(NCc2ccccc2F)CC1. The fraction of sp³-hybridized carbons (Fsp3) is 0.571. The quantitative estimate of drug-likeness (QED) is 0.901. The van der Waals surface area contributed by atoms with Crippen LogP contribution in [0.4, 0.5) is 4.39 Å². The Balaban J connectivity index is 1.82. The van der Waals surface area contributed by atoms with Crippen LogP contribution in [-0.4, -0.2) is 37.6 Å². The van der Waals surface area contributed by atoms with Gasteiger partial charge in [-0.3, -0.25) is 0 Å². The standard InChI is InChI=1S/C14H21FN2O2S/c1-2-20(18,19)17-9-7-13(8-10-17)16-11-12-5-3-4-6-14(12)15/h3-6,13,16H,2,7-11H2,1H3. The van der Waals surface area contributed by atoms with E-state index in [1.165, 1.54) is 6.07 Å². The molecule has 4 nitrogen and oxygen atoms in total. The summed E-state index contributed by atoms with van der Waals surface area (Å²) in [6.45, 7) is 3.24. The maximum atomic E-state index is 13.5. The molecular weight excluding hydrogens is 279 g/mol. The Kier molecular flexibility index (Phi) is 5.12. The highest BCUT2D eigenvalue weighted by Crippen LogP contribution is 2.15. The first-order valence-corrected chi connectivity index (χ1v) is 8.58. The van der Waals surface area contributed by atoms with Crippen LogP contribution in [0.3, 0.4) is 0 Å². The molecule has 112 valence electrons. The fourth-order valence-corrected chi connectivity index (χ4v) is 3.55. The summed E-state index contributed by atoms with van der Waals surface area (Å²) in [6, 6.07) is 6.95. The van der Waals surface area contributed by atoms with Crippen LogP contribution in [0.25, 0.3) is 0 Å². The Labute approximate surface area is 120 Å². The van der Waals surface area contributed by atoms with Crippen molar-refractivity contribution >= 4 is 10.0 Å². The van der Waals surface area contributed by atoms with Gasteiger partial charge in [0.05, 0.1) is 5.75 Å². The van der Waals surface area contributed by atoms with Gasteiger partial charge in [0.25, 0.3) is 0 Å². The van der Waals surface area contributed by atoms with Crippen molar-refractivity contribution in [1.82, 2.24) is 9.62 Å². The molecule has 1 heterocycles. The van der Waals surface area contributed by atoms with E-state index < -0.39 is 10.0 Å². The first-order valence-electron chi connectivity index (χ1n) is 6.97. The van der Waals surface area contributed by atoms with E-state index in [4.69, 9.17) is 0 Å². The minimum atomic E-state index is -3.07. The van der Waals surface area contributed by atoms with Gasteiger partial charge in [0, 0.05) is 31.2 Å². The predicted molar refractivity (Wildman–Crippen MR) is 77.3 cm³/mol. The van der Waals surface area contributed by atoms with Gasteiger partial charge in [-0.2, -0.15) is 0 Å². The van der Waals surface area contributed by atoms with Gasteiger partial charge in [-0.1, -0.05) is 18.2 Å². The van der Waals surface area contributed by atoms with Gasteiger partial charge >= 0.3 is 0 Å². The van der Waals surface area contributed by atoms with Crippen LogP contribution in [0.1, 0.15) is 25.3 Å². The molecule has 2 rings (SSSR count). The van der Waals surface area contributed by atoms with E-state index >= 15 is 0 Å². The third kappa shape index (κ3) is 3.77. The molecule has 0 unspecified atom stereocenters. The molecule has 0 saturated carbocycles. The average Bonchev–Trinajstić information content (AvgIpc) is 2.47. The van der Waals surface area contributed by atoms with Crippen LogP contribution in [0, 0.1) is 5.82 Å². The molecule has 1 aliphatic rings. The third-order valence-corrected chi connectivity index (χ3v) is 5.63. The number of benzene rings is 1. The number of hydrogen-bond donors (Lipinski definition) is 1. The van der Waals surface area contributed by atoms with E-state index in [-0.39, 0.29) is 17.6 Å². The summed E-state index contributed by atoms with van der Waals surface area (Å²) in [5, 5.41) is 3.31. The Morgan fingerprint density at radius 3 is 2.55 bits per heavy atom. The summed E-state index contributed by atoms with van der Waals surface area (Å²) in [7, 11) is -3.07. The molecule has 0 aliphatic carbocycles. The smallest absolute Gasteiger partial charge is 0.213 e. The fourth-order valence-electron chi connectivity index (χ4n) is 2.42. The van der Waals surface area contributed by atoms with E-state index in [0.29, 0.717) is 25.2 Å². The van der Waals surface area contributed by atoms with Crippen LogP contribution in [0.2, 0.25) is 0 Å². The van der Waals surface area contributed by atoms with E-state index in [2.05, 4.69) is 5.32 Å². The Bertz CT molecular complexity index is 540. The van der Waals surface area contributed by atoms with Gasteiger partial charge in [0.1, 0.15) is 5.82 Å². The average molecular weight is 300 g/mol. The minimum absolute atomic E-state index is 0.153. The highest BCUT2D eigenvalue weighted by molar-refractivity contribution is 7.89. The zero-order chi connectivity index (χ0) is 14.6. The number of rotatable bonds is 5. The number of hydrogen-bond acceptors (Lipinski definition) is 3. The molecule has 1 aromatic carbocycles. The normalized spacial score (nSPS) is 18.3. The van der Waals surface area contributed by atoms with Gasteiger partial charge in [0.15, 0.2) is 0 Å². The Morgan fingerprint density at radius 1 is 1.30 bits per heavy atom. The monoisotopic (exact) mass is 300 g/mol. The molecule has 0 spiro atoms. The summed E-state index contributed by atoms with van der Waals surface area (Å²) in [6.07, 6.45) is 1.54. The maximum absolute atomic E-state index is 13.5. The highest BCUT2D eigenvalue weighted by atomic mass is 32.2. The molecule has 0 radical (unpaired) electrons. The van der Waals surface area contributed by atoms with Crippen LogP contribution in [0.15, 0.2) is 24.3 Å². The first kappa shape index (κ1) is 15.4. The van der Waals surface area contributed by atoms with Crippen molar-refractivity contribution in [3.63, 3.8) is 0 Å². The molecule has 0 bridgehead atoms. The number of sulfonamides is 1. The van der Waals surface area contributed by atoms with Crippen molar-refractivity contribution < 1.29 is 12.8 Å². The number of piperidine rings is 1. The zero-order valence-electron chi connectivity index (χ0n) is 11.7. The van der Waals surface area contributed by atoms with Crippen molar-refractivity contribution in [2.24, 2.45) is 0 Å². The lowest BCUT2D eigenvalue weighted by atomic mass is 10.1. The molecule has 1 aromatic rings. The maximum Gasteiger partial charge on any atom is 0.213 e. The van der Waals surface area contributed by atoms with Gasteiger partial charge in [-0.25, -0.2) is 17.1 Å². The second-order valence-corrected chi connectivity index (χ2v) is 7.30. The van der Waals surface area contributed by atoms with Crippen LogP contribution in [-0.2, 0) is 16.6 Å². The van der Waals surface area contributed by atoms with Crippen LogP contribution in [0.5, 0.6) is 0 Å². The topological polar surface area (TPSA) is 49.4 Å². The number of halogens is 1.